The van der Waals surface area contributed by atoms with Crippen LogP contribution in [0.1, 0.15) is 23.0 Å². The van der Waals surface area contributed by atoms with Gasteiger partial charge >= 0.3 is 0 Å². The number of likely N-dealkylation sites (N-methyl/N-ethyl adjacent to an activating group) is 1. The Morgan fingerprint density at radius 3 is 2.62 bits per heavy atom. The number of nitrogens with zero attached hydrogens (tertiary/aromatic N) is 5. The summed E-state index contributed by atoms with van der Waals surface area (Å²) < 4.78 is 27.0. The van der Waals surface area contributed by atoms with Crippen molar-refractivity contribution in [2.45, 2.75) is 13.8 Å². The summed E-state index contributed by atoms with van der Waals surface area (Å²) in [6, 6.07) is 10.8. The number of piperazine rings is 1. The Morgan fingerprint density at radius 2 is 1.90 bits per heavy atom. The first-order chi connectivity index (χ1) is 19.3. The van der Waals surface area contributed by atoms with E-state index in [1.807, 2.05) is 32.0 Å². The number of aromatic nitrogens is 3. The average molecular weight is 548 g/mol. The monoisotopic (exact) mass is 547 g/mol. The Balaban J connectivity index is 1.51. The summed E-state index contributed by atoms with van der Waals surface area (Å²) in [5, 5.41) is 3.63. The topological polar surface area (TPSA) is 98.9 Å². The summed E-state index contributed by atoms with van der Waals surface area (Å²) in [6.07, 6.45) is 1.28. The van der Waals surface area contributed by atoms with Gasteiger partial charge in [0.15, 0.2) is 17.4 Å². The van der Waals surface area contributed by atoms with Crippen molar-refractivity contribution in [2.75, 3.05) is 64.1 Å². The maximum atomic E-state index is 15.4. The van der Waals surface area contributed by atoms with Gasteiger partial charge in [0.2, 0.25) is 5.88 Å². The second-order valence-corrected chi connectivity index (χ2v) is 9.91. The van der Waals surface area contributed by atoms with Crippen LogP contribution in [0, 0.1) is 12.7 Å². The third kappa shape index (κ3) is 5.37. The van der Waals surface area contributed by atoms with Crippen LogP contribution in [0.5, 0.6) is 17.4 Å². The molecule has 1 amide bonds. The number of hydrogen-bond acceptors (Lipinski definition) is 8. The summed E-state index contributed by atoms with van der Waals surface area (Å²) in [6.45, 7) is 7.97. The molecule has 0 atom stereocenters. The molecule has 3 heterocycles. The largest absolute Gasteiger partial charge is 0.494 e. The standard InChI is InChI=1S/C29H34FN7O3/c1-6-36(4)29(38)25-27(34-22-8-7-19(16-24(22)39-5)37-13-11-35(3)12-14-37)31-17-32-28(25)40-23-10-9-21-20(26(23)30)15-18(2)33-21/h7-10,15-17,33H,6,11-14H2,1-5H3,(H,31,32,34). The van der Waals surface area contributed by atoms with E-state index in [9.17, 15) is 4.79 Å². The number of ether oxygens (including phenoxy) is 2. The van der Waals surface area contributed by atoms with Gasteiger partial charge in [0, 0.05) is 68.1 Å². The predicted molar refractivity (Wildman–Crippen MR) is 154 cm³/mol. The lowest BCUT2D eigenvalue weighted by Gasteiger charge is -2.34. The smallest absolute Gasteiger partial charge is 0.262 e. The molecule has 2 aromatic heterocycles. The SMILES string of the molecule is CCN(C)C(=O)c1c(Nc2ccc(N3CCN(C)CC3)cc2OC)ncnc1Oc1ccc2[nH]c(C)cc2c1F. The Kier molecular flexibility index (Phi) is 7.74. The van der Waals surface area contributed by atoms with E-state index in [2.05, 4.69) is 37.1 Å². The number of aryl methyl sites for hydroxylation is 1. The zero-order valence-electron chi connectivity index (χ0n) is 23.4. The highest BCUT2D eigenvalue weighted by Crippen LogP contribution is 2.36. The third-order valence-corrected chi connectivity index (χ3v) is 7.20. The maximum Gasteiger partial charge on any atom is 0.262 e. The fourth-order valence-electron chi connectivity index (χ4n) is 4.71. The molecular weight excluding hydrogens is 513 g/mol. The van der Waals surface area contributed by atoms with Crippen LogP contribution in [0.2, 0.25) is 0 Å². The highest BCUT2D eigenvalue weighted by atomic mass is 19.1. The second kappa shape index (κ2) is 11.4. The minimum absolute atomic E-state index is 0.0431. The molecule has 2 N–H and O–H groups in total. The molecule has 0 unspecified atom stereocenters. The zero-order chi connectivity index (χ0) is 28.4. The first-order valence-corrected chi connectivity index (χ1v) is 13.2. The van der Waals surface area contributed by atoms with Gasteiger partial charge < -0.3 is 34.5 Å². The second-order valence-electron chi connectivity index (χ2n) is 9.91. The lowest BCUT2D eigenvalue weighted by Crippen LogP contribution is -2.44. The number of benzene rings is 2. The number of halogens is 1. The van der Waals surface area contributed by atoms with Gasteiger partial charge in [0.05, 0.1) is 12.8 Å². The number of hydrogen-bond donors (Lipinski definition) is 2. The Morgan fingerprint density at radius 1 is 1.12 bits per heavy atom. The maximum absolute atomic E-state index is 15.4. The number of rotatable bonds is 8. The first-order valence-electron chi connectivity index (χ1n) is 13.2. The van der Waals surface area contributed by atoms with Crippen LogP contribution in [0.25, 0.3) is 10.9 Å². The number of methoxy groups -OCH3 is 1. The number of amides is 1. The van der Waals surface area contributed by atoms with E-state index in [1.165, 1.54) is 17.3 Å². The summed E-state index contributed by atoms with van der Waals surface area (Å²) in [7, 11) is 5.39. The molecule has 0 aliphatic carbocycles. The highest BCUT2D eigenvalue weighted by molar-refractivity contribution is 6.01. The minimum Gasteiger partial charge on any atom is -0.494 e. The van der Waals surface area contributed by atoms with Crippen LogP contribution in [0.15, 0.2) is 42.7 Å². The number of H-pyrrole nitrogens is 1. The molecule has 0 radical (unpaired) electrons. The molecule has 1 aliphatic rings. The molecule has 0 bridgehead atoms. The molecule has 11 heteroatoms. The minimum atomic E-state index is -0.543. The number of anilines is 3. The number of nitrogens with one attached hydrogen (secondary N) is 2. The summed E-state index contributed by atoms with van der Waals surface area (Å²) in [5.74, 6) is -0.190. The molecule has 210 valence electrons. The number of carbonyl (C=O) groups is 1. The van der Waals surface area contributed by atoms with Gasteiger partial charge in [-0.15, -0.1) is 0 Å². The van der Waals surface area contributed by atoms with Crippen molar-refractivity contribution in [1.82, 2.24) is 24.8 Å². The Hall–Kier alpha value is -4.38. The average Bonchev–Trinajstić information content (AvgIpc) is 3.35. The molecule has 10 nitrogen and oxygen atoms in total. The van der Waals surface area contributed by atoms with E-state index in [-0.39, 0.29) is 28.9 Å². The van der Waals surface area contributed by atoms with Crippen molar-refractivity contribution < 1.29 is 18.7 Å². The highest BCUT2D eigenvalue weighted by Gasteiger charge is 2.26. The number of fused-ring (bicyclic) bond motifs is 1. The van der Waals surface area contributed by atoms with Crippen LogP contribution in [0.4, 0.5) is 21.6 Å². The molecule has 1 fully saturated rings. The van der Waals surface area contributed by atoms with Gasteiger partial charge in [-0.2, -0.15) is 0 Å². The van der Waals surface area contributed by atoms with Gasteiger partial charge in [-0.05, 0) is 51.2 Å². The van der Waals surface area contributed by atoms with Crippen LogP contribution >= 0.6 is 0 Å². The van der Waals surface area contributed by atoms with Crippen molar-refractivity contribution in [3.63, 3.8) is 0 Å². The van der Waals surface area contributed by atoms with E-state index in [1.54, 1.807) is 26.3 Å². The first kappa shape index (κ1) is 27.2. The summed E-state index contributed by atoms with van der Waals surface area (Å²) in [5.41, 5.74) is 3.24. The van der Waals surface area contributed by atoms with E-state index in [0.29, 0.717) is 28.9 Å². The van der Waals surface area contributed by atoms with E-state index >= 15 is 4.39 Å². The molecule has 2 aromatic carbocycles. The van der Waals surface area contributed by atoms with Crippen LogP contribution in [-0.4, -0.2) is 84.6 Å². The molecule has 0 saturated carbocycles. The van der Waals surface area contributed by atoms with Crippen LogP contribution in [0.3, 0.4) is 0 Å². The van der Waals surface area contributed by atoms with Gasteiger partial charge in [-0.3, -0.25) is 4.79 Å². The molecule has 4 aromatic rings. The van der Waals surface area contributed by atoms with Gasteiger partial charge in [0.1, 0.15) is 17.6 Å². The Labute approximate surface area is 232 Å². The van der Waals surface area contributed by atoms with Crippen LogP contribution in [-0.2, 0) is 0 Å². The fraction of sp³-hybridized carbons (Fsp3) is 0.345. The third-order valence-electron chi connectivity index (χ3n) is 7.20. The van der Waals surface area contributed by atoms with Gasteiger partial charge in [0.25, 0.3) is 5.91 Å². The summed E-state index contributed by atoms with van der Waals surface area (Å²) in [4.78, 5) is 31.3. The number of carbonyl (C=O) groups excluding carboxylic acids is 1. The molecule has 40 heavy (non-hydrogen) atoms. The molecular formula is C29H34FN7O3. The molecule has 1 saturated heterocycles. The summed E-state index contributed by atoms with van der Waals surface area (Å²) >= 11 is 0. The van der Waals surface area contributed by atoms with Crippen molar-refractivity contribution in [3.05, 3.63) is 59.8 Å². The lowest BCUT2D eigenvalue weighted by molar-refractivity contribution is 0.0799. The molecule has 1 aliphatic heterocycles. The van der Waals surface area contributed by atoms with Gasteiger partial charge in [-0.25, -0.2) is 14.4 Å². The quantitative estimate of drug-likeness (QED) is 0.325. The fourth-order valence-corrected chi connectivity index (χ4v) is 4.71. The predicted octanol–water partition coefficient (Wildman–Crippen LogP) is 4.79. The number of aromatic amines is 1. The van der Waals surface area contributed by atoms with E-state index in [4.69, 9.17) is 9.47 Å². The van der Waals surface area contributed by atoms with Crippen LogP contribution < -0.4 is 19.7 Å². The van der Waals surface area contributed by atoms with Crippen molar-refractivity contribution in [2.24, 2.45) is 0 Å². The van der Waals surface area contributed by atoms with Crippen molar-refractivity contribution >= 4 is 34.0 Å². The molecule has 0 spiro atoms. The van der Waals surface area contributed by atoms with Crippen molar-refractivity contribution in [1.29, 1.82) is 0 Å². The van der Waals surface area contributed by atoms with E-state index < -0.39 is 5.82 Å². The normalized spacial score (nSPS) is 13.9. The molecule has 5 rings (SSSR count). The van der Waals surface area contributed by atoms with Crippen molar-refractivity contribution in [3.8, 4) is 17.4 Å². The van der Waals surface area contributed by atoms with Gasteiger partial charge in [-0.1, -0.05) is 0 Å². The Bertz CT molecular complexity index is 1530. The lowest BCUT2D eigenvalue weighted by atomic mass is 10.2. The zero-order valence-corrected chi connectivity index (χ0v) is 23.4. The van der Waals surface area contributed by atoms with E-state index in [0.717, 1.165) is 37.6 Å².